The SMILES string of the molecule is C=C(C)CN=C(NCCc1cccc(C(=O)NC)c1)NCCc1ccco1.I. The topological polar surface area (TPSA) is 78.7 Å². The van der Waals surface area contributed by atoms with Crippen molar-refractivity contribution >= 4 is 35.8 Å². The first-order valence-corrected chi connectivity index (χ1v) is 9.08. The van der Waals surface area contributed by atoms with E-state index in [4.69, 9.17) is 4.42 Å². The average Bonchev–Trinajstić information content (AvgIpc) is 3.18. The molecular weight excluding hydrogens is 467 g/mol. The molecule has 0 aliphatic carbocycles. The summed E-state index contributed by atoms with van der Waals surface area (Å²) in [5, 5.41) is 9.29. The molecule has 0 fully saturated rings. The largest absolute Gasteiger partial charge is 0.469 e. The highest BCUT2D eigenvalue weighted by atomic mass is 127. The van der Waals surface area contributed by atoms with Gasteiger partial charge in [0, 0.05) is 32.1 Å². The second kappa shape index (κ2) is 13.0. The fraction of sp³-hybridized carbons (Fsp3) is 0.333. The van der Waals surface area contributed by atoms with Gasteiger partial charge < -0.3 is 20.4 Å². The lowest BCUT2D eigenvalue weighted by Crippen LogP contribution is -2.39. The molecule has 0 saturated heterocycles. The van der Waals surface area contributed by atoms with E-state index in [9.17, 15) is 4.79 Å². The van der Waals surface area contributed by atoms with E-state index in [1.54, 1.807) is 13.3 Å². The number of aliphatic imine (C=N–C) groups is 1. The van der Waals surface area contributed by atoms with Crippen molar-refractivity contribution < 1.29 is 9.21 Å². The second-order valence-electron chi connectivity index (χ2n) is 6.33. The van der Waals surface area contributed by atoms with Crippen LogP contribution >= 0.6 is 24.0 Å². The number of halogens is 1. The zero-order valence-corrected chi connectivity index (χ0v) is 18.8. The molecule has 0 bridgehead atoms. The Hall–Kier alpha value is -2.29. The summed E-state index contributed by atoms with van der Waals surface area (Å²) in [6.07, 6.45) is 3.25. The minimum Gasteiger partial charge on any atom is -0.469 e. The zero-order valence-electron chi connectivity index (χ0n) is 16.5. The summed E-state index contributed by atoms with van der Waals surface area (Å²) in [7, 11) is 1.63. The smallest absolute Gasteiger partial charge is 0.251 e. The Morgan fingerprint density at radius 1 is 1.14 bits per heavy atom. The Labute approximate surface area is 183 Å². The molecular formula is C21H29IN4O2. The third-order valence-corrected chi connectivity index (χ3v) is 3.87. The molecule has 1 heterocycles. The Morgan fingerprint density at radius 2 is 1.89 bits per heavy atom. The first-order valence-electron chi connectivity index (χ1n) is 9.08. The van der Waals surface area contributed by atoms with Crippen molar-refractivity contribution in [2.45, 2.75) is 19.8 Å². The summed E-state index contributed by atoms with van der Waals surface area (Å²) in [5.74, 6) is 1.60. The van der Waals surface area contributed by atoms with Gasteiger partial charge in [0.05, 0.1) is 12.8 Å². The van der Waals surface area contributed by atoms with Crippen LogP contribution in [0.15, 0.2) is 64.2 Å². The molecule has 2 rings (SSSR count). The Balaban J connectivity index is 0.00000392. The van der Waals surface area contributed by atoms with Crippen LogP contribution in [-0.4, -0.2) is 38.5 Å². The van der Waals surface area contributed by atoms with E-state index in [1.807, 2.05) is 43.3 Å². The highest BCUT2D eigenvalue weighted by Crippen LogP contribution is 2.06. The maximum Gasteiger partial charge on any atom is 0.251 e. The number of nitrogens with zero attached hydrogens (tertiary/aromatic N) is 1. The van der Waals surface area contributed by atoms with Gasteiger partial charge in [-0.05, 0) is 43.2 Å². The number of rotatable bonds is 9. The molecule has 28 heavy (non-hydrogen) atoms. The van der Waals surface area contributed by atoms with Crippen LogP contribution in [0.5, 0.6) is 0 Å². The van der Waals surface area contributed by atoms with E-state index in [0.29, 0.717) is 18.7 Å². The van der Waals surface area contributed by atoms with Crippen LogP contribution < -0.4 is 16.0 Å². The zero-order chi connectivity index (χ0) is 19.5. The van der Waals surface area contributed by atoms with E-state index in [0.717, 1.165) is 42.2 Å². The summed E-state index contributed by atoms with van der Waals surface area (Å²) in [4.78, 5) is 16.3. The molecule has 0 spiro atoms. The predicted octanol–water partition coefficient (Wildman–Crippen LogP) is 3.15. The van der Waals surface area contributed by atoms with Gasteiger partial charge in [-0.15, -0.1) is 24.0 Å². The lowest BCUT2D eigenvalue weighted by atomic mass is 10.1. The standard InChI is InChI=1S/C21H28N4O2.HI/c1-16(2)15-25-21(24-12-10-19-8-5-13-27-19)23-11-9-17-6-4-7-18(14-17)20(26)22-3;/h4-8,13-14H,1,9-12,15H2,2-3H3,(H,22,26)(H2,23,24,25);1H. The molecule has 1 aromatic heterocycles. The fourth-order valence-corrected chi connectivity index (χ4v) is 2.48. The Bertz CT molecular complexity index is 772. The molecule has 152 valence electrons. The van der Waals surface area contributed by atoms with Crippen LogP contribution in [0.3, 0.4) is 0 Å². The van der Waals surface area contributed by atoms with Gasteiger partial charge >= 0.3 is 0 Å². The minimum absolute atomic E-state index is 0. The van der Waals surface area contributed by atoms with E-state index >= 15 is 0 Å². The molecule has 0 saturated carbocycles. The number of carbonyl (C=O) groups is 1. The van der Waals surface area contributed by atoms with Gasteiger partial charge in [0.25, 0.3) is 5.91 Å². The normalized spacial score (nSPS) is 10.7. The van der Waals surface area contributed by atoms with Crippen LogP contribution in [0.1, 0.15) is 28.6 Å². The number of guanidine groups is 1. The molecule has 7 heteroatoms. The van der Waals surface area contributed by atoms with E-state index in [2.05, 4.69) is 27.5 Å². The highest BCUT2D eigenvalue weighted by Gasteiger charge is 2.04. The van der Waals surface area contributed by atoms with Crippen molar-refractivity contribution in [3.05, 3.63) is 71.7 Å². The van der Waals surface area contributed by atoms with Crippen molar-refractivity contribution in [2.75, 3.05) is 26.7 Å². The van der Waals surface area contributed by atoms with Crippen molar-refractivity contribution in [3.63, 3.8) is 0 Å². The average molecular weight is 496 g/mol. The lowest BCUT2D eigenvalue weighted by molar-refractivity contribution is 0.0963. The number of nitrogens with one attached hydrogen (secondary N) is 3. The van der Waals surface area contributed by atoms with Crippen LogP contribution in [-0.2, 0) is 12.8 Å². The predicted molar refractivity (Wildman–Crippen MR) is 124 cm³/mol. The second-order valence-corrected chi connectivity index (χ2v) is 6.33. The van der Waals surface area contributed by atoms with Gasteiger partial charge in [0.15, 0.2) is 5.96 Å². The minimum atomic E-state index is -0.0758. The van der Waals surface area contributed by atoms with E-state index in [1.165, 1.54) is 0 Å². The van der Waals surface area contributed by atoms with Gasteiger partial charge in [-0.25, -0.2) is 4.99 Å². The number of furan rings is 1. The van der Waals surface area contributed by atoms with Crippen LogP contribution in [0.4, 0.5) is 0 Å². The molecule has 0 atom stereocenters. The molecule has 3 N–H and O–H groups in total. The molecule has 6 nitrogen and oxygen atoms in total. The van der Waals surface area contributed by atoms with E-state index < -0.39 is 0 Å². The molecule has 0 aliphatic heterocycles. The Morgan fingerprint density at radius 3 is 2.54 bits per heavy atom. The van der Waals surface area contributed by atoms with Crippen LogP contribution in [0.25, 0.3) is 0 Å². The van der Waals surface area contributed by atoms with Crippen molar-refractivity contribution in [1.29, 1.82) is 0 Å². The summed E-state index contributed by atoms with van der Waals surface area (Å²) in [6, 6.07) is 11.5. The summed E-state index contributed by atoms with van der Waals surface area (Å²) in [5.41, 5.74) is 2.77. The highest BCUT2D eigenvalue weighted by molar-refractivity contribution is 14.0. The van der Waals surface area contributed by atoms with Gasteiger partial charge in [-0.1, -0.05) is 24.3 Å². The third-order valence-electron chi connectivity index (χ3n) is 3.87. The first kappa shape index (κ1) is 23.7. The quantitative estimate of drug-likeness (QED) is 0.216. The third kappa shape index (κ3) is 8.60. The van der Waals surface area contributed by atoms with Gasteiger partial charge in [0.2, 0.25) is 0 Å². The molecule has 1 amide bonds. The molecule has 1 aromatic carbocycles. The molecule has 0 unspecified atom stereocenters. The van der Waals surface area contributed by atoms with E-state index in [-0.39, 0.29) is 29.9 Å². The van der Waals surface area contributed by atoms with Crippen LogP contribution in [0, 0.1) is 0 Å². The maximum absolute atomic E-state index is 11.7. The monoisotopic (exact) mass is 496 g/mol. The number of hydrogen-bond acceptors (Lipinski definition) is 3. The molecule has 0 aliphatic rings. The summed E-state index contributed by atoms with van der Waals surface area (Å²) < 4.78 is 5.35. The van der Waals surface area contributed by atoms with Crippen LogP contribution in [0.2, 0.25) is 0 Å². The maximum atomic E-state index is 11.7. The number of amides is 1. The van der Waals surface area contributed by atoms with Crippen molar-refractivity contribution in [2.24, 2.45) is 4.99 Å². The molecule has 0 radical (unpaired) electrons. The van der Waals surface area contributed by atoms with Gasteiger partial charge in [-0.2, -0.15) is 0 Å². The Kier molecular flexibility index (Phi) is 11.0. The lowest BCUT2D eigenvalue weighted by Gasteiger charge is -2.13. The number of benzene rings is 1. The van der Waals surface area contributed by atoms with Gasteiger partial charge in [-0.3, -0.25) is 4.79 Å². The number of carbonyl (C=O) groups excluding carboxylic acids is 1. The summed E-state index contributed by atoms with van der Waals surface area (Å²) in [6.45, 7) is 7.85. The first-order chi connectivity index (χ1) is 13.1. The molecule has 2 aromatic rings. The summed E-state index contributed by atoms with van der Waals surface area (Å²) >= 11 is 0. The fourth-order valence-electron chi connectivity index (χ4n) is 2.48. The van der Waals surface area contributed by atoms with Crippen molar-refractivity contribution in [1.82, 2.24) is 16.0 Å². The number of hydrogen-bond donors (Lipinski definition) is 3. The van der Waals surface area contributed by atoms with Gasteiger partial charge in [0.1, 0.15) is 5.76 Å². The van der Waals surface area contributed by atoms with Crippen molar-refractivity contribution in [3.8, 4) is 0 Å².